The standard InChI is InChI=1S/C25H19ClN2O5/c1-14-7-10-20(15(2)11-14)27-22(29)13-33-25(32)16-8-9-17-18(12-16)24(31)28(23(17)30)21-6-4-3-5-19(21)26/h3-12H,13H2,1-2H3,(H,27,29). The van der Waals surface area contributed by atoms with Crippen LogP contribution in [-0.4, -0.2) is 30.3 Å². The number of nitrogens with one attached hydrogen (secondary N) is 1. The highest BCUT2D eigenvalue weighted by atomic mass is 35.5. The van der Waals surface area contributed by atoms with E-state index in [2.05, 4.69) is 5.32 Å². The monoisotopic (exact) mass is 462 g/mol. The third-order valence-corrected chi connectivity index (χ3v) is 5.53. The van der Waals surface area contributed by atoms with Crippen LogP contribution in [0.4, 0.5) is 11.4 Å². The molecular formula is C25H19ClN2O5. The zero-order valence-corrected chi connectivity index (χ0v) is 18.6. The summed E-state index contributed by atoms with van der Waals surface area (Å²) in [5.41, 5.74) is 3.11. The van der Waals surface area contributed by atoms with Gasteiger partial charge in [-0.2, -0.15) is 0 Å². The van der Waals surface area contributed by atoms with Gasteiger partial charge in [-0.25, -0.2) is 9.69 Å². The van der Waals surface area contributed by atoms with Gasteiger partial charge in [0.05, 0.1) is 27.4 Å². The van der Waals surface area contributed by atoms with Crippen LogP contribution in [0.3, 0.4) is 0 Å². The number of imide groups is 1. The summed E-state index contributed by atoms with van der Waals surface area (Å²) < 4.78 is 5.10. The molecule has 1 aliphatic rings. The number of ether oxygens (including phenoxy) is 1. The van der Waals surface area contributed by atoms with Crippen molar-refractivity contribution in [3.05, 3.63) is 93.5 Å². The SMILES string of the molecule is Cc1ccc(NC(=O)COC(=O)c2ccc3c(c2)C(=O)N(c2ccccc2Cl)C3=O)c(C)c1. The van der Waals surface area contributed by atoms with Gasteiger partial charge in [0, 0.05) is 5.69 Å². The molecule has 3 amide bonds. The maximum absolute atomic E-state index is 12.9. The highest BCUT2D eigenvalue weighted by Gasteiger charge is 2.38. The van der Waals surface area contributed by atoms with Gasteiger partial charge < -0.3 is 10.1 Å². The fourth-order valence-corrected chi connectivity index (χ4v) is 3.79. The molecule has 0 radical (unpaired) electrons. The summed E-state index contributed by atoms with van der Waals surface area (Å²) in [4.78, 5) is 51.3. The Bertz CT molecular complexity index is 1320. The van der Waals surface area contributed by atoms with E-state index >= 15 is 0 Å². The first-order chi connectivity index (χ1) is 15.8. The molecular weight excluding hydrogens is 444 g/mol. The molecule has 0 spiro atoms. The smallest absolute Gasteiger partial charge is 0.338 e. The van der Waals surface area contributed by atoms with Gasteiger partial charge in [0.15, 0.2) is 6.61 Å². The van der Waals surface area contributed by atoms with Crippen LogP contribution in [-0.2, 0) is 9.53 Å². The van der Waals surface area contributed by atoms with Gasteiger partial charge in [-0.3, -0.25) is 14.4 Å². The number of hydrogen-bond donors (Lipinski definition) is 1. The Morgan fingerprint density at radius 3 is 2.39 bits per heavy atom. The summed E-state index contributed by atoms with van der Waals surface area (Å²) in [5.74, 6) is -2.40. The second kappa shape index (κ2) is 8.88. The summed E-state index contributed by atoms with van der Waals surface area (Å²) in [6.45, 7) is 3.31. The number of fused-ring (bicyclic) bond motifs is 1. The van der Waals surface area contributed by atoms with Crippen molar-refractivity contribution in [1.82, 2.24) is 0 Å². The summed E-state index contributed by atoms with van der Waals surface area (Å²) >= 11 is 6.15. The topological polar surface area (TPSA) is 92.8 Å². The van der Waals surface area contributed by atoms with Gasteiger partial charge >= 0.3 is 5.97 Å². The Kier molecular flexibility index (Phi) is 5.98. The number of amides is 3. The lowest BCUT2D eigenvalue weighted by molar-refractivity contribution is -0.119. The fourth-order valence-electron chi connectivity index (χ4n) is 3.57. The maximum Gasteiger partial charge on any atom is 0.338 e. The molecule has 1 aliphatic heterocycles. The predicted octanol–water partition coefficient (Wildman–Crippen LogP) is 4.55. The molecule has 166 valence electrons. The van der Waals surface area contributed by atoms with Crippen molar-refractivity contribution in [2.45, 2.75) is 13.8 Å². The van der Waals surface area contributed by atoms with Gasteiger partial charge in [0.25, 0.3) is 17.7 Å². The molecule has 0 saturated carbocycles. The van der Waals surface area contributed by atoms with E-state index in [0.717, 1.165) is 16.0 Å². The maximum atomic E-state index is 12.9. The molecule has 0 unspecified atom stereocenters. The lowest BCUT2D eigenvalue weighted by Crippen LogP contribution is -2.29. The molecule has 3 aromatic carbocycles. The molecule has 0 saturated heterocycles. The molecule has 0 fully saturated rings. The van der Waals surface area contributed by atoms with Gasteiger partial charge in [0.1, 0.15) is 0 Å². The van der Waals surface area contributed by atoms with Gasteiger partial charge in [-0.15, -0.1) is 0 Å². The number of anilines is 2. The van der Waals surface area contributed by atoms with E-state index in [1.165, 1.54) is 18.2 Å². The van der Waals surface area contributed by atoms with Crippen LogP contribution in [0, 0.1) is 13.8 Å². The molecule has 0 aliphatic carbocycles. The van der Waals surface area contributed by atoms with E-state index in [9.17, 15) is 19.2 Å². The quantitative estimate of drug-likeness (QED) is 0.443. The van der Waals surface area contributed by atoms with Crippen molar-refractivity contribution in [1.29, 1.82) is 0 Å². The minimum atomic E-state index is -0.787. The van der Waals surface area contributed by atoms with Crippen LogP contribution < -0.4 is 10.2 Å². The van der Waals surface area contributed by atoms with Crippen molar-refractivity contribution in [3.8, 4) is 0 Å². The van der Waals surface area contributed by atoms with Crippen LogP contribution in [0.15, 0.2) is 60.7 Å². The molecule has 4 rings (SSSR count). The van der Waals surface area contributed by atoms with E-state index in [4.69, 9.17) is 16.3 Å². The number of hydrogen-bond acceptors (Lipinski definition) is 5. The molecule has 1 heterocycles. The Morgan fingerprint density at radius 1 is 0.939 bits per heavy atom. The van der Waals surface area contributed by atoms with Crippen molar-refractivity contribution in [3.63, 3.8) is 0 Å². The van der Waals surface area contributed by atoms with Gasteiger partial charge in [-0.05, 0) is 55.8 Å². The third kappa shape index (κ3) is 4.36. The van der Waals surface area contributed by atoms with E-state index < -0.39 is 30.3 Å². The number of rotatable bonds is 5. The molecule has 0 bridgehead atoms. The number of aryl methyl sites for hydroxylation is 2. The number of carbonyl (C=O) groups is 4. The highest BCUT2D eigenvalue weighted by Crippen LogP contribution is 2.33. The largest absolute Gasteiger partial charge is 0.452 e. The van der Waals surface area contributed by atoms with Crippen molar-refractivity contribution >= 4 is 46.7 Å². The zero-order chi connectivity index (χ0) is 23.7. The van der Waals surface area contributed by atoms with E-state index in [1.807, 2.05) is 26.0 Å². The Morgan fingerprint density at radius 2 is 1.67 bits per heavy atom. The Labute approximate surface area is 194 Å². The molecule has 33 heavy (non-hydrogen) atoms. The van der Waals surface area contributed by atoms with Crippen LogP contribution in [0.1, 0.15) is 42.2 Å². The van der Waals surface area contributed by atoms with Crippen molar-refractivity contribution in [2.75, 3.05) is 16.8 Å². The Balaban J connectivity index is 1.46. The summed E-state index contributed by atoms with van der Waals surface area (Å²) in [6.07, 6.45) is 0. The molecule has 0 aromatic heterocycles. The molecule has 0 atom stereocenters. The van der Waals surface area contributed by atoms with Gasteiger partial charge in [-0.1, -0.05) is 41.4 Å². The summed E-state index contributed by atoms with van der Waals surface area (Å²) in [6, 6.07) is 16.1. The van der Waals surface area contributed by atoms with Gasteiger partial charge in [0.2, 0.25) is 0 Å². The van der Waals surface area contributed by atoms with E-state index in [-0.39, 0.29) is 27.4 Å². The normalized spacial score (nSPS) is 12.5. The fraction of sp³-hybridized carbons (Fsp3) is 0.120. The Hall–Kier alpha value is -3.97. The molecule has 3 aromatic rings. The number of esters is 1. The first-order valence-electron chi connectivity index (χ1n) is 10.1. The van der Waals surface area contributed by atoms with Crippen molar-refractivity contribution in [2.24, 2.45) is 0 Å². The average Bonchev–Trinajstić information content (AvgIpc) is 3.04. The van der Waals surface area contributed by atoms with Crippen LogP contribution in [0.5, 0.6) is 0 Å². The first kappa shape index (κ1) is 22.2. The predicted molar refractivity (Wildman–Crippen MR) is 124 cm³/mol. The van der Waals surface area contributed by atoms with Crippen LogP contribution in [0.2, 0.25) is 5.02 Å². The zero-order valence-electron chi connectivity index (χ0n) is 17.8. The molecule has 8 heteroatoms. The van der Waals surface area contributed by atoms with Crippen molar-refractivity contribution < 1.29 is 23.9 Å². The number of benzene rings is 3. The minimum absolute atomic E-state index is 0.0511. The molecule has 1 N–H and O–H groups in total. The second-order valence-corrected chi connectivity index (χ2v) is 8.01. The minimum Gasteiger partial charge on any atom is -0.452 e. The molecule has 7 nitrogen and oxygen atoms in total. The van der Waals surface area contributed by atoms with E-state index in [0.29, 0.717) is 5.69 Å². The summed E-state index contributed by atoms with van der Waals surface area (Å²) in [5, 5.41) is 2.95. The lowest BCUT2D eigenvalue weighted by Gasteiger charge is -2.15. The second-order valence-electron chi connectivity index (χ2n) is 7.60. The van der Waals surface area contributed by atoms with Crippen LogP contribution in [0.25, 0.3) is 0 Å². The average molecular weight is 463 g/mol. The highest BCUT2D eigenvalue weighted by molar-refractivity contribution is 6.39. The third-order valence-electron chi connectivity index (χ3n) is 5.21. The number of halogens is 1. The first-order valence-corrected chi connectivity index (χ1v) is 10.5. The number of para-hydroxylation sites is 1. The summed E-state index contributed by atoms with van der Waals surface area (Å²) in [7, 11) is 0. The van der Waals surface area contributed by atoms with E-state index in [1.54, 1.807) is 30.3 Å². The number of nitrogens with zero attached hydrogens (tertiary/aromatic N) is 1. The lowest BCUT2D eigenvalue weighted by atomic mass is 10.1. The number of carbonyl (C=O) groups excluding carboxylic acids is 4. The van der Waals surface area contributed by atoms with Crippen LogP contribution >= 0.6 is 11.6 Å².